The molecule has 8 nitrogen and oxygen atoms in total. The number of carboxylic acid groups (broad SMARTS) is 1. The maximum absolute atomic E-state index is 15.2. The predicted octanol–water partition coefficient (Wildman–Crippen LogP) is 7.37. The van der Waals surface area contributed by atoms with E-state index in [-0.39, 0.29) is 58.0 Å². The summed E-state index contributed by atoms with van der Waals surface area (Å²) in [6.45, 7) is 5.07. The summed E-state index contributed by atoms with van der Waals surface area (Å²) in [5.41, 5.74) is 1.89. The Hall–Kier alpha value is -5.21. The maximum atomic E-state index is 15.2. The second-order valence-electron chi connectivity index (χ2n) is 11.5. The molecular formula is C35H31F3N4O4. The minimum atomic E-state index is -1.08. The fourth-order valence-electron chi connectivity index (χ4n) is 5.07. The second kappa shape index (κ2) is 13.4. The molecule has 0 atom stereocenters. The lowest BCUT2D eigenvalue weighted by Gasteiger charge is -2.14. The van der Waals surface area contributed by atoms with Gasteiger partial charge in [0.05, 0.1) is 39.5 Å². The molecular weight excluding hydrogens is 597 g/mol. The molecule has 236 valence electrons. The van der Waals surface area contributed by atoms with Gasteiger partial charge in [-0.05, 0) is 80.8 Å². The van der Waals surface area contributed by atoms with Crippen molar-refractivity contribution < 1.29 is 32.5 Å². The first kappa shape index (κ1) is 32.2. The van der Waals surface area contributed by atoms with E-state index in [1.54, 1.807) is 23.7 Å². The number of aryl methyl sites for hydroxylation is 1. The minimum Gasteiger partial charge on any atom is -0.478 e. The number of pyridine rings is 1. The molecule has 3 aromatic carbocycles. The third-order valence-electron chi connectivity index (χ3n) is 7.68. The zero-order valence-electron chi connectivity index (χ0n) is 25.5. The van der Waals surface area contributed by atoms with Crippen molar-refractivity contribution in [1.82, 2.24) is 14.5 Å². The third kappa shape index (κ3) is 7.35. The van der Waals surface area contributed by atoms with Crippen molar-refractivity contribution >= 4 is 17.0 Å². The summed E-state index contributed by atoms with van der Waals surface area (Å²) in [4.78, 5) is 20.0. The van der Waals surface area contributed by atoms with Gasteiger partial charge in [0, 0.05) is 37.3 Å². The Balaban J connectivity index is 0.000000527. The van der Waals surface area contributed by atoms with E-state index in [1.807, 2.05) is 6.07 Å². The van der Waals surface area contributed by atoms with E-state index in [0.29, 0.717) is 16.9 Å². The van der Waals surface area contributed by atoms with Crippen molar-refractivity contribution in [3.05, 3.63) is 112 Å². The first-order chi connectivity index (χ1) is 21.9. The molecule has 0 unspecified atom stereocenters. The van der Waals surface area contributed by atoms with Crippen LogP contribution in [0.5, 0.6) is 5.88 Å². The van der Waals surface area contributed by atoms with Gasteiger partial charge in [0.1, 0.15) is 29.9 Å². The molecule has 11 heteroatoms. The topological polar surface area (TPSA) is 110 Å². The van der Waals surface area contributed by atoms with Gasteiger partial charge < -0.3 is 19.1 Å². The van der Waals surface area contributed by atoms with E-state index in [2.05, 4.69) is 23.8 Å². The molecule has 1 N–H and O–H groups in total. The molecule has 0 spiro atoms. The fraction of sp³-hybridized carbons (Fsp3) is 0.257. The van der Waals surface area contributed by atoms with Gasteiger partial charge in [-0.2, -0.15) is 5.26 Å². The Morgan fingerprint density at radius 3 is 2.46 bits per heavy atom. The van der Waals surface area contributed by atoms with E-state index in [4.69, 9.17) is 14.7 Å². The van der Waals surface area contributed by atoms with Crippen LogP contribution in [0.2, 0.25) is 0 Å². The van der Waals surface area contributed by atoms with Crippen LogP contribution in [0.4, 0.5) is 13.2 Å². The Kier molecular flexibility index (Phi) is 9.39. The van der Waals surface area contributed by atoms with Gasteiger partial charge in [-0.1, -0.05) is 12.1 Å². The number of carbonyl (C=O) groups is 1. The number of carboxylic acids is 1. The number of fused-ring (bicyclic) bond motifs is 1. The number of imidazole rings is 1. The number of nitrogens with zero attached hydrogens (tertiary/aromatic N) is 4. The number of hydrogen-bond acceptors (Lipinski definition) is 6. The number of halogens is 3. The van der Waals surface area contributed by atoms with E-state index in [0.717, 1.165) is 24.8 Å². The highest BCUT2D eigenvalue weighted by Gasteiger charge is 2.23. The Labute approximate surface area is 263 Å². The molecule has 0 radical (unpaired) electrons. The highest BCUT2D eigenvalue weighted by molar-refractivity contribution is 5.92. The van der Waals surface area contributed by atoms with Crippen LogP contribution in [-0.2, 0) is 24.8 Å². The van der Waals surface area contributed by atoms with Crippen LogP contribution in [0.1, 0.15) is 59.6 Å². The molecule has 5 aromatic rings. The molecule has 0 saturated carbocycles. The minimum absolute atomic E-state index is 0.0245. The van der Waals surface area contributed by atoms with Gasteiger partial charge in [-0.3, -0.25) is 0 Å². The summed E-state index contributed by atoms with van der Waals surface area (Å²) in [6.07, 6.45) is 2.45. The number of rotatable bonds is 7. The lowest BCUT2D eigenvalue weighted by molar-refractivity contribution is 0.0366. The van der Waals surface area contributed by atoms with Gasteiger partial charge in [-0.15, -0.1) is 0 Å². The standard InChI is InChI=1S/C29H19F3N4O3.C6H12O/c1-36-26-11-17(29(37)38)7-8-25(26)34-27(36)12-19-10-23(32)20(13-22(19)31)24-3-2-4-28(35-24)39-15-18-6-5-16(14-33)9-21(18)30;1-6(2)4-3-5-7-6/h2-11,13H,12,15H2,1H3,(H,37,38);3-5H2,1-2H3. The largest absolute Gasteiger partial charge is 0.478 e. The number of hydrogen-bond donors (Lipinski definition) is 1. The van der Waals surface area contributed by atoms with Gasteiger partial charge in [0.15, 0.2) is 0 Å². The SMILES string of the molecule is CC1(C)CCCO1.Cn1c(Cc2cc(F)c(-c3cccc(OCc4ccc(C#N)cc4F)n3)cc2F)nc2ccc(C(=O)O)cc21. The predicted molar refractivity (Wildman–Crippen MR) is 165 cm³/mol. The highest BCUT2D eigenvalue weighted by atomic mass is 19.1. The summed E-state index contributed by atoms with van der Waals surface area (Å²) >= 11 is 0. The van der Waals surface area contributed by atoms with Crippen LogP contribution in [0.3, 0.4) is 0 Å². The first-order valence-corrected chi connectivity index (χ1v) is 14.5. The van der Waals surface area contributed by atoms with Crippen molar-refractivity contribution in [2.45, 2.75) is 45.3 Å². The molecule has 0 bridgehead atoms. The molecule has 6 rings (SSSR count). The van der Waals surface area contributed by atoms with Crippen LogP contribution >= 0.6 is 0 Å². The second-order valence-corrected chi connectivity index (χ2v) is 11.5. The average molecular weight is 629 g/mol. The summed E-state index contributed by atoms with van der Waals surface area (Å²) in [6, 6.07) is 17.0. The Morgan fingerprint density at radius 2 is 1.80 bits per heavy atom. The molecule has 3 heterocycles. The van der Waals surface area contributed by atoms with Crippen molar-refractivity contribution in [2.75, 3.05) is 6.61 Å². The van der Waals surface area contributed by atoms with Crippen molar-refractivity contribution in [1.29, 1.82) is 5.26 Å². The van der Waals surface area contributed by atoms with Crippen LogP contribution < -0.4 is 4.74 Å². The number of benzene rings is 3. The molecule has 1 saturated heterocycles. The van der Waals surface area contributed by atoms with Gasteiger partial charge in [0.25, 0.3) is 0 Å². The summed E-state index contributed by atoms with van der Waals surface area (Å²) in [7, 11) is 1.68. The van der Waals surface area contributed by atoms with E-state index >= 15 is 8.78 Å². The molecule has 1 aliphatic rings. The first-order valence-electron chi connectivity index (χ1n) is 14.5. The van der Waals surface area contributed by atoms with Crippen LogP contribution in [0.15, 0.2) is 66.7 Å². The Morgan fingerprint density at radius 1 is 1.02 bits per heavy atom. The van der Waals surface area contributed by atoms with E-state index in [9.17, 15) is 14.3 Å². The quantitative estimate of drug-likeness (QED) is 0.200. The van der Waals surface area contributed by atoms with Crippen LogP contribution in [-0.4, -0.2) is 37.8 Å². The summed E-state index contributed by atoms with van der Waals surface area (Å²) in [5.74, 6) is -2.54. The highest BCUT2D eigenvalue weighted by Crippen LogP contribution is 2.28. The van der Waals surface area contributed by atoms with Crippen molar-refractivity contribution in [3.63, 3.8) is 0 Å². The molecule has 46 heavy (non-hydrogen) atoms. The van der Waals surface area contributed by atoms with Gasteiger partial charge >= 0.3 is 5.97 Å². The molecule has 0 amide bonds. The molecule has 2 aromatic heterocycles. The van der Waals surface area contributed by atoms with Gasteiger partial charge in [-0.25, -0.2) is 27.9 Å². The Bertz CT molecular complexity index is 1960. The average Bonchev–Trinajstić information content (AvgIpc) is 3.59. The van der Waals surface area contributed by atoms with Crippen molar-refractivity contribution in [3.8, 4) is 23.2 Å². The molecule has 0 aliphatic carbocycles. The number of ether oxygens (including phenoxy) is 2. The van der Waals surface area contributed by atoms with E-state index < -0.39 is 23.4 Å². The summed E-state index contributed by atoms with van der Waals surface area (Å²) < 4.78 is 57.0. The lowest BCUT2D eigenvalue weighted by Crippen LogP contribution is -2.15. The number of aromatic carboxylic acids is 1. The number of nitriles is 1. The fourth-order valence-corrected chi connectivity index (χ4v) is 5.07. The molecule has 1 aliphatic heterocycles. The molecule has 1 fully saturated rings. The smallest absolute Gasteiger partial charge is 0.335 e. The zero-order chi connectivity index (χ0) is 33.0. The number of aromatic nitrogens is 3. The van der Waals surface area contributed by atoms with Crippen LogP contribution in [0.25, 0.3) is 22.3 Å². The van der Waals surface area contributed by atoms with Crippen LogP contribution in [0, 0.1) is 28.8 Å². The van der Waals surface area contributed by atoms with Crippen molar-refractivity contribution in [2.24, 2.45) is 7.05 Å². The van der Waals surface area contributed by atoms with Gasteiger partial charge in [0.2, 0.25) is 5.88 Å². The zero-order valence-corrected chi connectivity index (χ0v) is 25.5. The van der Waals surface area contributed by atoms with E-state index in [1.165, 1.54) is 49.2 Å². The maximum Gasteiger partial charge on any atom is 0.335 e. The monoisotopic (exact) mass is 628 g/mol. The normalized spacial score (nSPS) is 13.6. The lowest BCUT2D eigenvalue weighted by atomic mass is 10.0. The summed E-state index contributed by atoms with van der Waals surface area (Å²) in [5, 5.41) is 18.1. The third-order valence-corrected chi connectivity index (χ3v) is 7.68.